The van der Waals surface area contributed by atoms with E-state index >= 15 is 0 Å². The Kier molecular flexibility index (Phi) is 5.42. The van der Waals surface area contributed by atoms with Gasteiger partial charge in [0.1, 0.15) is 17.3 Å². The third-order valence-corrected chi connectivity index (χ3v) is 5.26. The average molecular weight is 420 g/mol. The second-order valence-electron chi connectivity index (χ2n) is 6.24. The standard InChI is InChI=1S/C23H14F2N2O2S/c1-2-12-27-21-18(25)13-15(24)14-20(21)30-23(27)26-22(28)17-10-6-7-11-19(17)29-16-8-4-3-5-9-16/h1,3-11,13-14H,12H2. The largest absolute Gasteiger partial charge is 0.457 e. The summed E-state index contributed by atoms with van der Waals surface area (Å²) >= 11 is 0.984. The Morgan fingerprint density at radius 2 is 1.83 bits per heavy atom. The topological polar surface area (TPSA) is 43.6 Å². The molecule has 0 radical (unpaired) electrons. The maximum Gasteiger partial charge on any atom is 0.283 e. The van der Waals surface area contributed by atoms with Gasteiger partial charge in [-0.05, 0) is 30.3 Å². The van der Waals surface area contributed by atoms with Crippen molar-refractivity contribution in [2.24, 2.45) is 4.99 Å². The Balaban J connectivity index is 1.81. The Hall–Kier alpha value is -3.76. The predicted octanol–water partition coefficient (Wildman–Crippen LogP) is 5.15. The molecular formula is C23H14F2N2O2S. The van der Waals surface area contributed by atoms with Gasteiger partial charge in [0, 0.05) is 6.07 Å². The molecule has 0 bridgehead atoms. The molecule has 0 aliphatic rings. The highest BCUT2D eigenvalue weighted by molar-refractivity contribution is 7.16. The second kappa shape index (κ2) is 8.31. The van der Waals surface area contributed by atoms with Crippen molar-refractivity contribution in [2.45, 2.75) is 6.54 Å². The fourth-order valence-corrected chi connectivity index (χ4v) is 4.01. The van der Waals surface area contributed by atoms with Crippen LogP contribution in [0.3, 0.4) is 0 Å². The number of fused-ring (bicyclic) bond motifs is 1. The van der Waals surface area contributed by atoms with Crippen molar-refractivity contribution >= 4 is 27.5 Å². The molecule has 1 heterocycles. The number of thiazole rings is 1. The normalized spacial score (nSPS) is 11.4. The summed E-state index contributed by atoms with van der Waals surface area (Å²) in [7, 11) is 0. The zero-order valence-electron chi connectivity index (χ0n) is 15.5. The van der Waals surface area contributed by atoms with Crippen molar-refractivity contribution in [1.29, 1.82) is 0 Å². The van der Waals surface area contributed by atoms with Crippen LogP contribution in [-0.4, -0.2) is 10.5 Å². The van der Waals surface area contributed by atoms with E-state index in [9.17, 15) is 13.6 Å². The molecule has 0 aliphatic heterocycles. The summed E-state index contributed by atoms with van der Waals surface area (Å²) in [5.74, 6) is 1.25. The lowest BCUT2D eigenvalue weighted by molar-refractivity contribution is 0.0995. The van der Waals surface area contributed by atoms with Gasteiger partial charge >= 0.3 is 0 Å². The van der Waals surface area contributed by atoms with Crippen LogP contribution in [0.2, 0.25) is 0 Å². The van der Waals surface area contributed by atoms with E-state index in [-0.39, 0.29) is 22.4 Å². The minimum atomic E-state index is -0.766. The monoisotopic (exact) mass is 420 g/mol. The number of terminal acetylenes is 1. The number of hydrogen-bond acceptors (Lipinski definition) is 3. The lowest BCUT2D eigenvalue weighted by Crippen LogP contribution is -2.17. The van der Waals surface area contributed by atoms with E-state index in [2.05, 4.69) is 10.9 Å². The molecule has 4 aromatic rings. The SMILES string of the molecule is C#CCn1c(=NC(=O)c2ccccc2Oc2ccccc2)sc2cc(F)cc(F)c21. The number of rotatable bonds is 4. The number of aromatic nitrogens is 1. The zero-order chi connectivity index (χ0) is 21.1. The van der Waals surface area contributed by atoms with Crippen molar-refractivity contribution in [3.8, 4) is 23.8 Å². The van der Waals surface area contributed by atoms with Crippen LogP contribution in [0.25, 0.3) is 10.2 Å². The molecule has 30 heavy (non-hydrogen) atoms. The van der Waals surface area contributed by atoms with Crippen LogP contribution in [0, 0.1) is 24.0 Å². The Morgan fingerprint density at radius 3 is 2.60 bits per heavy atom. The van der Waals surface area contributed by atoms with Gasteiger partial charge in [-0.3, -0.25) is 4.79 Å². The molecule has 3 aromatic carbocycles. The van der Waals surface area contributed by atoms with Gasteiger partial charge in [0.2, 0.25) is 0 Å². The molecular weight excluding hydrogens is 406 g/mol. The second-order valence-corrected chi connectivity index (χ2v) is 7.25. The molecule has 1 aromatic heterocycles. The van der Waals surface area contributed by atoms with E-state index < -0.39 is 17.5 Å². The molecule has 0 saturated carbocycles. The molecule has 0 fully saturated rings. The fraction of sp³-hybridized carbons (Fsp3) is 0.0435. The number of ether oxygens (including phenoxy) is 1. The highest BCUT2D eigenvalue weighted by atomic mass is 32.1. The van der Waals surface area contributed by atoms with Crippen LogP contribution >= 0.6 is 11.3 Å². The van der Waals surface area contributed by atoms with Crippen molar-refractivity contribution < 1.29 is 18.3 Å². The third kappa shape index (κ3) is 3.86. The molecule has 0 aliphatic carbocycles. The highest BCUT2D eigenvalue weighted by Gasteiger charge is 2.16. The van der Waals surface area contributed by atoms with Gasteiger partial charge < -0.3 is 9.30 Å². The van der Waals surface area contributed by atoms with E-state index in [1.807, 2.05) is 18.2 Å². The lowest BCUT2D eigenvalue weighted by atomic mass is 10.2. The summed E-state index contributed by atoms with van der Waals surface area (Å²) in [6.07, 6.45) is 5.40. The number of hydrogen-bond donors (Lipinski definition) is 0. The minimum absolute atomic E-state index is 0.0170. The molecule has 148 valence electrons. The number of benzene rings is 3. The first-order chi connectivity index (χ1) is 14.6. The molecule has 0 saturated heterocycles. The minimum Gasteiger partial charge on any atom is -0.457 e. The summed E-state index contributed by atoms with van der Waals surface area (Å²) in [5, 5.41) is 0. The molecule has 0 atom stereocenters. The number of halogens is 2. The van der Waals surface area contributed by atoms with Crippen LogP contribution in [0.4, 0.5) is 8.78 Å². The van der Waals surface area contributed by atoms with Crippen LogP contribution < -0.4 is 9.54 Å². The summed E-state index contributed by atoms with van der Waals surface area (Å²) in [4.78, 5) is 17.2. The van der Waals surface area contributed by atoms with Gasteiger partial charge in [-0.25, -0.2) is 8.78 Å². The Morgan fingerprint density at radius 1 is 1.10 bits per heavy atom. The lowest BCUT2D eigenvalue weighted by Gasteiger charge is -2.08. The maximum absolute atomic E-state index is 14.3. The van der Waals surface area contributed by atoms with E-state index in [4.69, 9.17) is 11.2 Å². The van der Waals surface area contributed by atoms with E-state index in [1.165, 1.54) is 10.6 Å². The van der Waals surface area contributed by atoms with Crippen LogP contribution in [-0.2, 0) is 6.54 Å². The number of amides is 1. The maximum atomic E-state index is 14.3. The number of carbonyl (C=O) groups is 1. The van der Waals surface area contributed by atoms with Crippen LogP contribution in [0.1, 0.15) is 10.4 Å². The van der Waals surface area contributed by atoms with Crippen LogP contribution in [0.5, 0.6) is 11.5 Å². The van der Waals surface area contributed by atoms with Gasteiger partial charge in [0.15, 0.2) is 10.6 Å². The smallest absolute Gasteiger partial charge is 0.283 e. The average Bonchev–Trinajstić information content (AvgIpc) is 3.06. The first kappa shape index (κ1) is 19.6. The predicted molar refractivity (Wildman–Crippen MR) is 111 cm³/mol. The summed E-state index contributed by atoms with van der Waals surface area (Å²) < 4.78 is 35.5. The summed E-state index contributed by atoms with van der Waals surface area (Å²) in [5.41, 5.74) is 0.345. The van der Waals surface area contributed by atoms with Crippen molar-refractivity contribution in [2.75, 3.05) is 0 Å². The van der Waals surface area contributed by atoms with Gasteiger partial charge in [0.05, 0.1) is 22.3 Å². The van der Waals surface area contributed by atoms with Gasteiger partial charge in [-0.1, -0.05) is 47.6 Å². The van der Waals surface area contributed by atoms with Gasteiger partial charge in [-0.2, -0.15) is 4.99 Å². The molecule has 4 nitrogen and oxygen atoms in total. The van der Waals surface area contributed by atoms with Gasteiger partial charge in [0.25, 0.3) is 5.91 Å². The number of para-hydroxylation sites is 2. The number of carbonyl (C=O) groups excluding carboxylic acids is 1. The van der Waals surface area contributed by atoms with Gasteiger partial charge in [-0.15, -0.1) is 6.42 Å². The van der Waals surface area contributed by atoms with Crippen molar-refractivity contribution in [1.82, 2.24) is 4.57 Å². The molecule has 0 unspecified atom stereocenters. The van der Waals surface area contributed by atoms with E-state index in [1.54, 1.807) is 36.4 Å². The molecule has 7 heteroatoms. The quantitative estimate of drug-likeness (QED) is 0.429. The van der Waals surface area contributed by atoms with Crippen molar-refractivity contribution in [3.63, 3.8) is 0 Å². The first-order valence-corrected chi connectivity index (χ1v) is 9.71. The first-order valence-electron chi connectivity index (χ1n) is 8.89. The van der Waals surface area contributed by atoms with Crippen molar-refractivity contribution in [3.05, 3.63) is 88.7 Å². The summed E-state index contributed by atoms with van der Waals surface area (Å²) in [6.45, 7) is -0.0170. The van der Waals surface area contributed by atoms with E-state index in [0.29, 0.717) is 16.2 Å². The molecule has 0 N–H and O–H groups in total. The molecule has 4 rings (SSSR count). The summed E-state index contributed by atoms with van der Waals surface area (Å²) in [6, 6.07) is 17.7. The number of nitrogens with zero attached hydrogens (tertiary/aromatic N) is 2. The molecule has 1 amide bonds. The third-order valence-electron chi connectivity index (χ3n) is 4.23. The fourth-order valence-electron chi connectivity index (χ4n) is 2.95. The Bertz CT molecular complexity index is 1350. The van der Waals surface area contributed by atoms with E-state index in [0.717, 1.165) is 17.4 Å². The Labute approximate surface area is 174 Å². The highest BCUT2D eigenvalue weighted by Crippen LogP contribution is 2.26. The molecule has 0 spiro atoms. The zero-order valence-corrected chi connectivity index (χ0v) is 16.3. The van der Waals surface area contributed by atoms with Crippen LogP contribution in [0.15, 0.2) is 71.7 Å².